The Morgan fingerprint density at radius 2 is 2.22 bits per heavy atom. The molecule has 4 N–H and O–H groups in total. The number of aliphatic hydroxyl groups excluding tert-OH is 1. The normalized spacial score (nSPS) is 28.1. The predicted molar refractivity (Wildman–Crippen MR) is 73.1 cm³/mol. The van der Waals surface area contributed by atoms with E-state index in [2.05, 4.69) is 12.2 Å². The molecule has 18 heavy (non-hydrogen) atoms. The number of nitrogens with one attached hydrogen (secondary N) is 1. The first kappa shape index (κ1) is 15.4. The van der Waals surface area contributed by atoms with E-state index in [1.54, 1.807) is 0 Å². The first-order valence-corrected chi connectivity index (χ1v) is 7.24. The monoisotopic (exact) mass is 256 g/mol. The molecule has 0 aromatic carbocycles. The van der Waals surface area contributed by atoms with Gasteiger partial charge in [0.1, 0.15) is 0 Å². The minimum absolute atomic E-state index is 0.0614. The standard InChI is InChI=1S/C14H28N2O2/c1-12-6-5-8-14(10-12,11-17)16-13(18)7-3-2-4-9-15/h12,17H,2-11,15H2,1H3,(H,16,18). The highest BCUT2D eigenvalue weighted by molar-refractivity contribution is 5.76. The van der Waals surface area contributed by atoms with E-state index in [1.165, 1.54) is 6.42 Å². The Morgan fingerprint density at radius 1 is 1.44 bits per heavy atom. The van der Waals surface area contributed by atoms with Crippen LogP contribution in [0.25, 0.3) is 0 Å². The van der Waals surface area contributed by atoms with Gasteiger partial charge in [0.05, 0.1) is 12.1 Å². The summed E-state index contributed by atoms with van der Waals surface area (Å²) in [4.78, 5) is 11.9. The molecule has 1 rings (SSSR count). The van der Waals surface area contributed by atoms with Gasteiger partial charge in [-0.15, -0.1) is 0 Å². The molecule has 1 aliphatic carbocycles. The largest absolute Gasteiger partial charge is 0.394 e. The van der Waals surface area contributed by atoms with E-state index in [0.717, 1.165) is 38.5 Å². The number of hydrogen-bond donors (Lipinski definition) is 3. The summed E-state index contributed by atoms with van der Waals surface area (Å²) in [5, 5.41) is 12.7. The molecule has 2 unspecified atom stereocenters. The Bertz CT molecular complexity index is 258. The average molecular weight is 256 g/mol. The molecule has 1 aliphatic rings. The third-order valence-corrected chi connectivity index (χ3v) is 3.91. The van der Waals surface area contributed by atoms with Crippen LogP contribution in [0.15, 0.2) is 0 Å². The molecule has 1 amide bonds. The summed E-state index contributed by atoms with van der Waals surface area (Å²) < 4.78 is 0. The van der Waals surface area contributed by atoms with Crippen molar-refractivity contribution >= 4 is 5.91 Å². The second kappa shape index (κ2) is 7.74. The van der Waals surface area contributed by atoms with E-state index in [1.807, 2.05) is 0 Å². The number of hydrogen-bond acceptors (Lipinski definition) is 3. The van der Waals surface area contributed by atoms with E-state index in [4.69, 9.17) is 5.73 Å². The highest BCUT2D eigenvalue weighted by atomic mass is 16.3. The second-order valence-corrected chi connectivity index (χ2v) is 5.79. The number of rotatable bonds is 7. The third kappa shape index (κ3) is 4.94. The number of unbranched alkanes of at least 4 members (excludes halogenated alkanes) is 2. The van der Waals surface area contributed by atoms with Gasteiger partial charge in [0.2, 0.25) is 5.91 Å². The van der Waals surface area contributed by atoms with E-state index in [0.29, 0.717) is 18.9 Å². The Kier molecular flexibility index (Phi) is 6.65. The van der Waals surface area contributed by atoms with Crippen molar-refractivity contribution in [2.45, 2.75) is 63.8 Å². The quantitative estimate of drug-likeness (QED) is 0.605. The lowest BCUT2D eigenvalue weighted by Gasteiger charge is -2.39. The summed E-state index contributed by atoms with van der Waals surface area (Å²) in [6, 6.07) is 0. The van der Waals surface area contributed by atoms with Crippen molar-refractivity contribution in [3.05, 3.63) is 0 Å². The Morgan fingerprint density at radius 3 is 2.83 bits per heavy atom. The summed E-state index contributed by atoms with van der Waals surface area (Å²) >= 11 is 0. The third-order valence-electron chi connectivity index (χ3n) is 3.91. The summed E-state index contributed by atoms with van der Waals surface area (Å²) in [5.41, 5.74) is 5.06. The summed E-state index contributed by atoms with van der Waals surface area (Å²) in [7, 11) is 0. The molecule has 0 bridgehead atoms. The Balaban J connectivity index is 2.35. The number of nitrogens with two attached hydrogens (primary N) is 1. The first-order valence-electron chi connectivity index (χ1n) is 7.24. The molecule has 1 fully saturated rings. The average Bonchev–Trinajstić information content (AvgIpc) is 2.34. The van der Waals surface area contributed by atoms with Crippen LogP contribution < -0.4 is 11.1 Å². The van der Waals surface area contributed by atoms with Gasteiger partial charge in [-0.1, -0.05) is 26.2 Å². The fraction of sp³-hybridized carbons (Fsp3) is 0.929. The molecule has 0 aromatic rings. The van der Waals surface area contributed by atoms with Gasteiger partial charge in [0.25, 0.3) is 0 Å². The van der Waals surface area contributed by atoms with Crippen LogP contribution in [0.2, 0.25) is 0 Å². The van der Waals surface area contributed by atoms with Crippen molar-refractivity contribution in [2.24, 2.45) is 11.7 Å². The smallest absolute Gasteiger partial charge is 0.220 e. The number of carbonyl (C=O) groups is 1. The summed E-state index contributed by atoms with van der Waals surface area (Å²) in [5.74, 6) is 0.665. The van der Waals surface area contributed by atoms with Crippen LogP contribution in [-0.4, -0.2) is 29.7 Å². The number of aliphatic hydroxyl groups is 1. The molecule has 0 aliphatic heterocycles. The van der Waals surface area contributed by atoms with Gasteiger partial charge in [-0.25, -0.2) is 0 Å². The molecule has 4 heteroatoms. The van der Waals surface area contributed by atoms with Gasteiger partial charge in [-0.05, 0) is 38.1 Å². The van der Waals surface area contributed by atoms with Crippen molar-refractivity contribution < 1.29 is 9.90 Å². The molecular weight excluding hydrogens is 228 g/mol. The maximum Gasteiger partial charge on any atom is 0.220 e. The van der Waals surface area contributed by atoms with Crippen LogP contribution >= 0.6 is 0 Å². The van der Waals surface area contributed by atoms with Crippen LogP contribution in [0.3, 0.4) is 0 Å². The Labute approximate surface area is 110 Å². The van der Waals surface area contributed by atoms with Gasteiger partial charge >= 0.3 is 0 Å². The fourth-order valence-electron chi connectivity index (χ4n) is 2.92. The molecule has 1 saturated carbocycles. The fourth-order valence-corrected chi connectivity index (χ4v) is 2.92. The minimum atomic E-state index is -0.359. The zero-order chi connectivity index (χ0) is 13.4. The highest BCUT2D eigenvalue weighted by Crippen LogP contribution is 2.32. The van der Waals surface area contributed by atoms with Crippen molar-refractivity contribution in [3.63, 3.8) is 0 Å². The zero-order valence-electron chi connectivity index (χ0n) is 11.6. The molecule has 2 atom stereocenters. The first-order chi connectivity index (χ1) is 8.62. The van der Waals surface area contributed by atoms with Crippen molar-refractivity contribution in [1.82, 2.24) is 5.32 Å². The van der Waals surface area contributed by atoms with Gasteiger partial charge in [-0.2, -0.15) is 0 Å². The molecule has 106 valence electrons. The van der Waals surface area contributed by atoms with E-state index >= 15 is 0 Å². The zero-order valence-corrected chi connectivity index (χ0v) is 11.6. The SMILES string of the molecule is CC1CCCC(CO)(NC(=O)CCCCCN)C1. The molecule has 0 heterocycles. The van der Waals surface area contributed by atoms with Crippen LogP contribution in [0.5, 0.6) is 0 Å². The van der Waals surface area contributed by atoms with Crippen LogP contribution in [-0.2, 0) is 4.79 Å². The molecule has 0 radical (unpaired) electrons. The number of amides is 1. The summed E-state index contributed by atoms with van der Waals surface area (Å²) in [6.45, 7) is 2.95. The topological polar surface area (TPSA) is 75.3 Å². The lowest BCUT2D eigenvalue weighted by Crippen LogP contribution is -2.53. The van der Waals surface area contributed by atoms with E-state index < -0.39 is 0 Å². The van der Waals surface area contributed by atoms with E-state index in [-0.39, 0.29) is 18.1 Å². The molecule has 4 nitrogen and oxygen atoms in total. The number of carbonyl (C=O) groups excluding carboxylic acids is 1. The molecule has 0 spiro atoms. The van der Waals surface area contributed by atoms with Crippen molar-refractivity contribution in [2.75, 3.05) is 13.2 Å². The lowest BCUT2D eigenvalue weighted by molar-refractivity contribution is -0.124. The highest BCUT2D eigenvalue weighted by Gasteiger charge is 2.35. The second-order valence-electron chi connectivity index (χ2n) is 5.79. The molecule has 0 saturated heterocycles. The van der Waals surface area contributed by atoms with Gasteiger partial charge in [0.15, 0.2) is 0 Å². The molecule has 0 aromatic heterocycles. The molecular formula is C14H28N2O2. The predicted octanol–water partition coefficient (Wildman–Crippen LogP) is 1.56. The minimum Gasteiger partial charge on any atom is -0.394 e. The summed E-state index contributed by atoms with van der Waals surface area (Å²) in [6.07, 6.45) is 7.53. The van der Waals surface area contributed by atoms with Gasteiger partial charge in [-0.3, -0.25) is 4.79 Å². The van der Waals surface area contributed by atoms with Crippen LogP contribution in [0.4, 0.5) is 0 Å². The van der Waals surface area contributed by atoms with Gasteiger partial charge in [0, 0.05) is 6.42 Å². The van der Waals surface area contributed by atoms with Gasteiger partial charge < -0.3 is 16.2 Å². The van der Waals surface area contributed by atoms with Crippen LogP contribution in [0, 0.1) is 5.92 Å². The van der Waals surface area contributed by atoms with Crippen molar-refractivity contribution in [3.8, 4) is 0 Å². The van der Waals surface area contributed by atoms with Crippen LogP contribution in [0.1, 0.15) is 58.3 Å². The van der Waals surface area contributed by atoms with Crippen molar-refractivity contribution in [1.29, 1.82) is 0 Å². The maximum atomic E-state index is 11.9. The Hall–Kier alpha value is -0.610. The lowest BCUT2D eigenvalue weighted by atomic mass is 9.76. The van der Waals surface area contributed by atoms with E-state index in [9.17, 15) is 9.90 Å². The maximum absolute atomic E-state index is 11.9.